The molecular weight excluding hydrogens is 222 g/mol. The monoisotopic (exact) mass is 247 g/mol. The summed E-state index contributed by atoms with van der Waals surface area (Å²) >= 11 is 0. The Bertz CT molecular complexity index is 375. The molecule has 1 aliphatic rings. The Morgan fingerprint density at radius 3 is 2.89 bits per heavy atom. The predicted molar refractivity (Wildman–Crippen MR) is 75.9 cm³/mol. The highest BCUT2D eigenvalue weighted by Crippen LogP contribution is 2.35. The Hall–Kier alpha value is -1.02. The van der Waals surface area contributed by atoms with Crippen LogP contribution in [0.25, 0.3) is 0 Å². The molecule has 1 aromatic carbocycles. The topological polar surface area (TPSA) is 35.2 Å². The van der Waals surface area contributed by atoms with Gasteiger partial charge in [0.2, 0.25) is 0 Å². The lowest BCUT2D eigenvalue weighted by atomic mass is 10.1. The Labute approximate surface area is 111 Å². The maximum Gasteiger partial charge on any atom is 0.122 e. The van der Waals surface area contributed by atoms with E-state index < -0.39 is 0 Å². The zero-order valence-electron chi connectivity index (χ0n) is 11.5. The van der Waals surface area contributed by atoms with Crippen LogP contribution in [0.1, 0.15) is 62.6 Å². The summed E-state index contributed by atoms with van der Waals surface area (Å²) in [6, 6.07) is 6.51. The van der Waals surface area contributed by atoms with Gasteiger partial charge in [0.1, 0.15) is 5.75 Å². The molecule has 0 radical (unpaired) electrons. The van der Waals surface area contributed by atoms with Gasteiger partial charge in [0.05, 0.1) is 6.61 Å². The highest BCUT2D eigenvalue weighted by Gasteiger charge is 2.21. The van der Waals surface area contributed by atoms with Gasteiger partial charge in [0.25, 0.3) is 0 Å². The quantitative estimate of drug-likeness (QED) is 0.740. The van der Waals surface area contributed by atoms with E-state index in [0.717, 1.165) is 31.6 Å². The summed E-state index contributed by atoms with van der Waals surface area (Å²) in [4.78, 5) is 0. The maximum absolute atomic E-state index is 6.07. The normalized spacial score (nSPS) is 17.8. The van der Waals surface area contributed by atoms with Crippen LogP contribution >= 0.6 is 0 Å². The summed E-state index contributed by atoms with van der Waals surface area (Å²) in [5, 5.41) is 0. The Morgan fingerprint density at radius 2 is 2.06 bits per heavy atom. The average Bonchev–Trinajstić information content (AvgIpc) is 2.77. The number of ether oxygens (including phenoxy) is 1. The molecule has 1 atom stereocenters. The van der Waals surface area contributed by atoms with E-state index in [9.17, 15) is 0 Å². The average molecular weight is 247 g/mol. The lowest BCUT2D eigenvalue weighted by Gasteiger charge is -2.11. The van der Waals surface area contributed by atoms with E-state index in [1.807, 2.05) is 0 Å². The molecule has 1 aliphatic carbocycles. The van der Waals surface area contributed by atoms with Crippen molar-refractivity contribution in [1.82, 2.24) is 0 Å². The van der Waals surface area contributed by atoms with Crippen molar-refractivity contribution in [3.05, 3.63) is 29.3 Å². The molecule has 0 saturated heterocycles. The van der Waals surface area contributed by atoms with Crippen LogP contribution in [-0.2, 0) is 6.42 Å². The zero-order valence-corrected chi connectivity index (χ0v) is 11.5. The lowest BCUT2D eigenvalue weighted by molar-refractivity contribution is 0.302. The highest BCUT2D eigenvalue weighted by atomic mass is 16.5. The van der Waals surface area contributed by atoms with Crippen molar-refractivity contribution >= 4 is 0 Å². The molecular formula is C16H25NO. The molecule has 0 bridgehead atoms. The first-order valence-electron chi connectivity index (χ1n) is 7.33. The minimum atomic E-state index is 0.216. The SMILES string of the molecule is CCCCCCCOc1cccc2c1CCC2N. The second-order valence-corrected chi connectivity index (χ2v) is 5.23. The standard InChI is InChI=1S/C16H25NO/c1-2-3-4-5-6-12-18-16-9-7-8-13-14(16)10-11-15(13)17/h7-9,15H,2-6,10-12,17H2,1H3. The third kappa shape index (κ3) is 3.26. The van der Waals surface area contributed by atoms with Crippen LogP contribution < -0.4 is 10.5 Å². The van der Waals surface area contributed by atoms with Gasteiger partial charge in [-0.1, -0.05) is 44.7 Å². The van der Waals surface area contributed by atoms with Crippen molar-refractivity contribution < 1.29 is 4.74 Å². The van der Waals surface area contributed by atoms with E-state index >= 15 is 0 Å². The number of nitrogens with two attached hydrogens (primary N) is 1. The van der Waals surface area contributed by atoms with E-state index in [1.54, 1.807) is 0 Å². The van der Waals surface area contributed by atoms with Gasteiger partial charge < -0.3 is 10.5 Å². The number of hydrogen-bond acceptors (Lipinski definition) is 2. The second kappa shape index (κ2) is 6.79. The predicted octanol–water partition coefficient (Wildman–Crippen LogP) is 3.98. The van der Waals surface area contributed by atoms with E-state index in [0.29, 0.717) is 0 Å². The second-order valence-electron chi connectivity index (χ2n) is 5.23. The molecule has 0 amide bonds. The van der Waals surface area contributed by atoms with E-state index in [-0.39, 0.29) is 6.04 Å². The first-order valence-corrected chi connectivity index (χ1v) is 7.33. The fourth-order valence-electron chi connectivity index (χ4n) is 2.68. The Balaban J connectivity index is 1.80. The number of unbranched alkanes of at least 4 members (excludes halogenated alkanes) is 4. The highest BCUT2D eigenvalue weighted by molar-refractivity contribution is 5.44. The van der Waals surface area contributed by atoms with Crippen molar-refractivity contribution in [1.29, 1.82) is 0 Å². The van der Waals surface area contributed by atoms with Crippen LogP contribution in [0.3, 0.4) is 0 Å². The summed E-state index contributed by atoms with van der Waals surface area (Å²) in [5.74, 6) is 1.07. The van der Waals surface area contributed by atoms with Crippen LogP contribution in [0, 0.1) is 0 Å². The first-order chi connectivity index (χ1) is 8.83. The lowest BCUT2D eigenvalue weighted by Crippen LogP contribution is -2.05. The molecule has 0 aromatic heterocycles. The van der Waals surface area contributed by atoms with Gasteiger partial charge in [-0.25, -0.2) is 0 Å². The third-order valence-corrected chi connectivity index (χ3v) is 3.78. The molecule has 2 heteroatoms. The summed E-state index contributed by atoms with van der Waals surface area (Å²) in [6.45, 7) is 3.09. The van der Waals surface area contributed by atoms with Crippen LogP contribution in [0.2, 0.25) is 0 Å². The van der Waals surface area contributed by atoms with Gasteiger partial charge in [0, 0.05) is 6.04 Å². The maximum atomic E-state index is 6.07. The van der Waals surface area contributed by atoms with Gasteiger partial charge in [-0.3, -0.25) is 0 Å². The molecule has 18 heavy (non-hydrogen) atoms. The number of rotatable bonds is 7. The van der Waals surface area contributed by atoms with Crippen LogP contribution in [0.4, 0.5) is 0 Å². The smallest absolute Gasteiger partial charge is 0.122 e. The Kier molecular flexibility index (Phi) is 5.06. The molecule has 0 aliphatic heterocycles. The molecule has 2 nitrogen and oxygen atoms in total. The first kappa shape index (κ1) is 13.4. The van der Waals surface area contributed by atoms with E-state index in [1.165, 1.54) is 36.8 Å². The molecule has 0 fully saturated rings. The van der Waals surface area contributed by atoms with Gasteiger partial charge >= 0.3 is 0 Å². The molecule has 2 rings (SSSR count). The van der Waals surface area contributed by atoms with Crippen LogP contribution in [0.15, 0.2) is 18.2 Å². The fourth-order valence-corrected chi connectivity index (χ4v) is 2.68. The van der Waals surface area contributed by atoms with Crippen molar-refractivity contribution in [2.45, 2.75) is 57.9 Å². The van der Waals surface area contributed by atoms with Crippen LogP contribution in [0.5, 0.6) is 5.75 Å². The van der Waals surface area contributed by atoms with Crippen molar-refractivity contribution in [2.24, 2.45) is 5.73 Å². The number of benzene rings is 1. The van der Waals surface area contributed by atoms with E-state index in [4.69, 9.17) is 10.5 Å². The van der Waals surface area contributed by atoms with Gasteiger partial charge in [-0.2, -0.15) is 0 Å². The summed E-state index contributed by atoms with van der Waals surface area (Å²) < 4.78 is 5.92. The largest absolute Gasteiger partial charge is 0.493 e. The van der Waals surface area contributed by atoms with Gasteiger partial charge in [0.15, 0.2) is 0 Å². The minimum Gasteiger partial charge on any atom is -0.493 e. The molecule has 0 saturated carbocycles. The van der Waals surface area contributed by atoms with Gasteiger partial charge in [-0.15, -0.1) is 0 Å². The molecule has 1 unspecified atom stereocenters. The minimum absolute atomic E-state index is 0.216. The molecule has 1 aromatic rings. The summed E-state index contributed by atoms with van der Waals surface area (Å²) in [5.41, 5.74) is 8.71. The molecule has 100 valence electrons. The zero-order chi connectivity index (χ0) is 12.8. The Morgan fingerprint density at radius 1 is 1.22 bits per heavy atom. The molecule has 0 heterocycles. The number of fused-ring (bicyclic) bond motifs is 1. The fraction of sp³-hybridized carbons (Fsp3) is 0.625. The van der Waals surface area contributed by atoms with Gasteiger partial charge in [-0.05, 0) is 36.5 Å². The van der Waals surface area contributed by atoms with Crippen molar-refractivity contribution in [2.75, 3.05) is 6.61 Å². The van der Waals surface area contributed by atoms with Crippen molar-refractivity contribution in [3.8, 4) is 5.75 Å². The molecule has 2 N–H and O–H groups in total. The van der Waals surface area contributed by atoms with Crippen LogP contribution in [-0.4, -0.2) is 6.61 Å². The van der Waals surface area contributed by atoms with Crippen molar-refractivity contribution in [3.63, 3.8) is 0 Å². The molecule has 0 spiro atoms. The summed E-state index contributed by atoms with van der Waals surface area (Å²) in [6.07, 6.45) is 8.55. The number of hydrogen-bond donors (Lipinski definition) is 1. The van der Waals surface area contributed by atoms with E-state index in [2.05, 4.69) is 25.1 Å². The summed E-state index contributed by atoms with van der Waals surface area (Å²) in [7, 11) is 0. The third-order valence-electron chi connectivity index (χ3n) is 3.78.